The van der Waals surface area contributed by atoms with Gasteiger partial charge in [0.05, 0.1) is 0 Å². The number of carbonyl (C=O) groups excluding carboxylic acids is 3. The Labute approximate surface area is 518 Å². The zero-order chi connectivity index (χ0) is 59.9. The number of unbranched alkanes of at least 4 members (excludes halogenated alkanes) is 53. The molecule has 0 rings (SSSR count). The highest BCUT2D eigenvalue weighted by atomic mass is 16.6. The highest BCUT2D eigenvalue weighted by Crippen LogP contribution is 2.19. The fourth-order valence-corrected chi connectivity index (χ4v) is 11.5. The van der Waals surface area contributed by atoms with Gasteiger partial charge in [-0.2, -0.15) is 0 Å². The van der Waals surface area contributed by atoms with Gasteiger partial charge < -0.3 is 14.2 Å². The Morgan fingerprint density at radius 3 is 0.711 bits per heavy atom. The number of hydrogen-bond acceptors (Lipinski definition) is 6. The molecular weight excluding hydrogens is 1020 g/mol. The molecule has 0 saturated carbocycles. The molecule has 0 aromatic carbocycles. The van der Waals surface area contributed by atoms with Crippen molar-refractivity contribution in [1.29, 1.82) is 0 Å². The molecule has 0 saturated heterocycles. The minimum absolute atomic E-state index is 0.0679. The highest BCUT2D eigenvalue weighted by molar-refractivity contribution is 5.71. The lowest BCUT2D eigenvalue weighted by molar-refractivity contribution is -0.167. The molecule has 0 N–H and O–H groups in total. The van der Waals surface area contributed by atoms with Crippen molar-refractivity contribution in [2.45, 2.75) is 425 Å². The molecule has 0 bridgehead atoms. The fourth-order valence-electron chi connectivity index (χ4n) is 11.5. The smallest absolute Gasteiger partial charge is 0.306 e. The molecule has 83 heavy (non-hydrogen) atoms. The first-order valence-corrected chi connectivity index (χ1v) is 37.5. The first kappa shape index (κ1) is 80.6. The summed E-state index contributed by atoms with van der Waals surface area (Å²) >= 11 is 0. The zero-order valence-corrected chi connectivity index (χ0v) is 56.2. The van der Waals surface area contributed by atoms with Gasteiger partial charge in [0.2, 0.25) is 0 Å². The molecule has 6 nitrogen and oxygen atoms in total. The Hall–Kier alpha value is -2.37. The van der Waals surface area contributed by atoms with Crippen LogP contribution >= 0.6 is 0 Å². The van der Waals surface area contributed by atoms with Crippen LogP contribution in [-0.4, -0.2) is 37.2 Å². The molecule has 0 aliphatic rings. The summed E-state index contributed by atoms with van der Waals surface area (Å²) in [6, 6.07) is 0. The average Bonchev–Trinajstić information content (AvgIpc) is 3.48. The summed E-state index contributed by atoms with van der Waals surface area (Å²) < 4.78 is 17.0. The van der Waals surface area contributed by atoms with E-state index in [1.165, 1.54) is 308 Å². The van der Waals surface area contributed by atoms with E-state index in [9.17, 15) is 14.4 Å². The van der Waals surface area contributed by atoms with Gasteiger partial charge in [-0.3, -0.25) is 14.4 Å². The van der Waals surface area contributed by atoms with Crippen molar-refractivity contribution in [3.63, 3.8) is 0 Å². The summed E-state index contributed by atoms with van der Waals surface area (Å²) in [6.07, 6.45) is 90.7. The second kappa shape index (κ2) is 72.1. The van der Waals surface area contributed by atoms with Crippen LogP contribution in [0.15, 0.2) is 36.5 Å². The summed E-state index contributed by atoms with van der Waals surface area (Å²) in [5.74, 6) is -0.847. The monoisotopic (exact) mass is 1170 g/mol. The van der Waals surface area contributed by atoms with Crippen LogP contribution in [0, 0.1) is 0 Å². The Balaban J connectivity index is 4.04. The first-order valence-electron chi connectivity index (χ1n) is 37.5. The van der Waals surface area contributed by atoms with Gasteiger partial charge in [0.1, 0.15) is 13.2 Å². The molecule has 0 radical (unpaired) electrons. The minimum Gasteiger partial charge on any atom is -0.462 e. The van der Waals surface area contributed by atoms with Gasteiger partial charge in [-0.05, 0) is 70.6 Å². The van der Waals surface area contributed by atoms with E-state index in [-0.39, 0.29) is 31.1 Å². The molecule has 0 spiro atoms. The molecule has 0 aromatic heterocycles. The lowest BCUT2D eigenvalue weighted by Gasteiger charge is -2.18. The Kier molecular flexibility index (Phi) is 70.0. The number of hydrogen-bond donors (Lipinski definition) is 0. The number of rotatable bonds is 70. The van der Waals surface area contributed by atoms with Crippen LogP contribution in [0.4, 0.5) is 0 Å². The molecule has 488 valence electrons. The Morgan fingerprint density at radius 1 is 0.241 bits per heavy atom. The summed E-state index contributed by atoms with van der Waals surface area (Å²) in [5.41, 5.74) is 0. The molecule has 0 heterocycles. The third-order valence-corrected chi connectivity index (χ3v) is 17.1. The minimum atomic E-state index is -0.771. The molecule has 0 fully saturated rings. The van der Waals surface area contributed by atoms with Crippen LogP contribution in [0.2, 0.25) is 0 Å². The predicted octanol–water partition coefficient (Wildman–Crippen LogP) is 25.9. The number of ether oxygens (including phenoxy) is 3. The van der Waals surface area contributed by atoms with E-state index in [1.807, 2.05) is 0 Å². The Bertz CT molecular complexity index is 1380. The molecule has 6 heteroatoms. The third-order valence-electron chi connectivity index (χ3n) is 17.1. The molecule has 0 aliphatic carbocycles. The van der Waals surface area contributed by atoms with Crippen molar-refractivity contribution in [1.82, 2.24) is 0 Å². The van der Waals surface area contributed by atoms with Gasteiger partial charge in [-0.1, -0.05) is 365 Å². The number of esters is 3. The number of allylic oxidation sites excluding steroid dienone is 6. The quantitative estimate of drug-likeness (QED) is 0.0261. The van der Waals surface area contributed by atoms with Crippen molar-refractivity contribution >= 4 is 17.9 Å². The molecule has 0 amide bonds. The molecular formula is C77H144O6. The van der Waals surface area contributed by atoms with Crippen LogP contribution in [-0.2, 0) is 28.6 Å². The summed E-state index contributed by atoms with van der Waals surface area (Å²) in [6.45, 7) is 6.66. The SMILES string of the molecule is CCCC/C=C\CCCCCCCC(=O)OCC(COC(=O)CCCCCCCCCCCCCCCCCCCCCCCCC/C=C\C/C=C\CCCCCCC)OC(=O)CCCCCCCCCCCCCCCCCCCCC. The largest absolute Gasteiger partial charge is 0.462 e. The van der Waals surface area contributed by atoms with Gasteiger partial charge in [-0.25, -0.2) is 0 Å². The Morgan fingerprint density at radius 2 is 0.446 bits per heavy atom. The topological polar surface area (TPSA) is 78.9 Å². The van der Waals surface area contributed by atoms with E-state index in [2.05, 4.69) is 57.2 Å². The predicted molar refractivity (Wildman–Crippen MR) is 362 cm³/mol. The highest BCUT2D eigenvalue weighted by Gasteiger charge is 2.20. The van der Waals surface area contributed by atoms with Crippen LogP contribution in [0.5, 0.6) is 0 Å². The molecule has 0 aliphatic heterocycles. The van der Waals surface area contributed by atoms with E-state index in [0.29, 0.717) is 19.3 Å². The fraction of sp³-hybridized carbons (Fsp3) is 0.883. The average molecular weight is 1170 g/mol. The van der Waals surface area contributed by atoms with Crippen molar-refractivity contribution in [2.24, 2.45) is 0 Å². The van der Waals surface area contributed by atoms with Gasteiger partial charge in [0.15, 0.2) is 6.10 Å². The maximum absolute atomic E-state index is 12.9. The van der Waals surface area contributed by atoms with Crippen LogP contribution < -0.4 is 0 Å². The van der Waals surface area contributed by atoms with Gasteiger partial charge in [-0.15, -0.1) is 0 Å². The summed E-state index contributed by atoms with van der Waals surface area (Å²) in [5, 5.41) is 0. The van der Waals surface area contributed by atoms with Gasteiger partial charge >= 0.3 is 17.9 Å². The summed E-state index contributed by atoms with van der Waals surface area (Å²) in [7, 11) is 0. The third kappa shape index (κ3) is 70.3. The van der Waals surface area contributed by atoms with Crippen molar-refractivity contribution < 1.29 is 28.6 Å². The van der Waals surface area contributed by atoms with Crippen LogP contribution in [0.1, 0.15) is 419 Å². The van der Waals surface area contributed by atoms with Crippen molar-refractivity contribution in [2.75, 3.05) is 13.2 Å². The number of carbonyl (C=O) groups is 3. The summed E-state index contributed by atoms with van der Waals surface area (Å²) in [4.78, 5) is 38.4. The maximum Gasteiger partial charge on any atom is 0.306 e. The second-order valence-electron chi connectivity index (χ2n) is 25.6. The lowest BCUT2D eigenvalue weighted by atomic mass is 10.0. The lowest BCUT2D eigenvalue weighted by Crippen LogP contribution is -2.30. The van der Waals surface area contributed by atoms with Crippen molar-refractivity contribution in [3.05, 3.63) is 36.5 Å². The van der Waals surface area contributed by atoms with E-state index in [0.717, 1.165) is 70.6 Å². The van der Waals surface area contributed by atoms with E-state index >= 15 is 0 Å². The van der Waals surface area contributed by atoms with Crippen LogP contribution in [0.3, 0.4) is 0 Å². The first-order chi connectivity index (χ1) is 41.0. The van der Waals surface area contributed by atoms with Crippen LogP contribution in [0.25, 0.3) is 0 Å². The zero-order valence-electron chi connectivity index (χ0n) is 56.2. The van der Waals surface area contributed by atoms with E-state index in [4.69, 9.17) is 14.2 Å². The molecule has 1 unspecified atom stereocenters. The normalized spacial score (nSPS) is 12.2. The maximum atomic E-state index is 12.9. The molecule has 1 atom stereocenters. The molecule has 0 aromatic rings. The van der Waals surface area contributed by atoms with E-state index < -0.39 is 6.10 Å². The van der Waals surface area contributed by atoms with E-state index in [1.54, 1.807) is 0 Å². The van der Waals surface area contributed by atoms with Crippen molar-refractivity contribution in [3.8, 4) is 0 Å². The standard InChI is InChI=1S/C77H144O6/c1-4-7-10-13-16-19-22-24-26-28-30-31-32-33-34-35-36-37-38-39-40-41-42-43-44-45-47-48-50-52-55-58-61-64-67-70-76(79)82-73-74(72-81-75(78)69-66-63-60-57-54-21-18-15-12-9-6-3)83-77(80)71-68-65-62-59-56-53-51-49-46-29-27-25-23-20-17-14-11-8-5-2/h15,18,22,24,28,30,74H,4-14,16-17,19-21,23,25-27,29,31-73H2,1-3H3/b18-15-,24-22-,30-28-. The second-order valence-corrected chi connectivity index (χ2v) is 25.6. The van der Waals surface area contributed by atoms with Gasteiger partial charge in [0, 0.05) is 19.3 Å². The van der Waals surface area contributed by atoms with Gasteiger partial charge in [0.25, 0.3) is 0 Å².